The van der Waals surface area contributed by atoms with E-state index in [1.54, 1.807) is 0 Å². The van der Waals surface area contributed by atoms with Crippen LogP contribution in [0.4, 0.5) is 0 Å². The van der Waals surface area contributed by atoms with Crippen molar-refractivity contribution in [2.75, 3.05) is 0 Å². The summed E-state index contributed by atoms with van der Waals surface area (Å²) in [5.41, 5.74) is 0. The Morgan fingerprint density at radius 3 is 0.722 bits per heavy atom. The van der Waals surface area contributed by atoms with Gasteiger partial charge in [-0.2, -0.15) is 0 Å². The molecular formula is C7H23KO6P2S2. The zero-order valence-corrected chi connectivity index (χ0v) is 16.2. The fraction of sp³-hybridized carbons (Fsp3) is 1.00. The Kier molecular flexibility index (Phi) is 25.7. The van der Waals surface area contributed by atoms with Crippen molar-refractivity contribution in [2.45, 2.75) is 46.0 Å². The minimum absolute atomic E-state index is 0. The van der Waals surface area contributed by atoms with Crippen LogP contribution in [0, 0.1) is 0 Å². The summed E-state index contributed by atoms with van der Waals surface area (Å²) < 4.78 is 0. The Bertz CT molecular complexity index is 210. The van der Waals surface area contributed by atoms with E-state index in [-0.39, 0.29) is 60.2 Å². The molecule has 0 spiro atoms. The van der Waals surface area contributed by atoms with Gasteiger partial charge in [-0.1, -0.05) is 46.0 Å². The van der Waals surface area contributed by atoms with Crippen LogP contribution in [0.3, 0.4) is 0 Å². The van der Waals surface area contributed by atoms with Gasteiger partial charge in [-0.15, -0.1) is 0 Å². The van der Waals surface area contributed by atoms with Crippen LogP contribution in [0.1, 0.15) is 47.4 Å². The first-order chi connectivity index (χ1) is 7.00. The predicted molar refractivity (Wildman–Crippen MR) is 77.4 cm³/mol. The Morgan fingerprint density at radius 2 is 0.667 bits per heavy atom. The van der Waals surface area contributed by atoms with Gasteiger partial charge in [0.2, 0.25) is 0 Å². The van der Waals surface area contributed by atoms with E-state index >= 15 is 0 Å². The molecule has 1 fully saturated rings. The minimum atomic E-state index is -3.81. The van der Waals surface area contributed by atoms with Gasteiger partial charge in [0.15, 0.2) is 0 Å². The molecule has 0 atom stereocenters. The Hall–Kier alpha value is 2.70. The van der Waals surface area contributed by atoms with Crippen molar-refractivity contribution >= 4 is 37.1 Å². The molecule has 0 unspecified atom stereocenters. The molecule has 0 saturated heterocycles. The maximum Gasteiger partial charge on any atom is 1.00 e. The van der Waals surface area contributed by atoms with Gasteiger partial charge in [0, 0.05) is 0 Å². The molecule has 0 aromatic carbocycles. The summed E-state index contributed by atoms with van der Waals surface area (Å²) >= 11 is 7.21. The fourth-order valence-corrected chi connectivity index (χ4v) is 1.06. The first-order valence-electron chi connectivity index (χ1n) is 4.57. The van der Waals surface area contributed by atoms with E-state index in [4.69, 9.17) is 29.4 Å². The predicted octanol–water partition coefficient (Wildman–Crippen LogP) is -1.53. The van der Waals surface area contributed by atoms with Gasteiger partial charge in [0.1, 0.15) is 0 Å². The molecule has 1 saturated carbocycles. The standard InChI is InChI=1S/C6H12.CH4.K.2H3O3PS.H/c1-2-4-6-5-3-1;;;2*1-4(2,3)5;/h1-6H2;1H4;;2*(H3,1,2,3,5);/q;;+1;;;-1. The summed E-state index contributed by atoms with van der Waals surface area (Å²) in [7, 11) is 0. The molecule has 0 aliphatic heterocycles. The third-order valence-corrected chi connectivity index (χ3v) is 1.50. The van der Waals surface area contributed by atoms with E-state index in [2.05, 4.69) is 23.6 Å². The van der Waals surface area contributed by atoms with E-state index in [1.165, 1.54) is 38.5 Å². The number of hydrogen-bond donors (Lipinski definition) is 6. The van der Waals surface area contributed by atoms with Crippen molar-refractivity contribution in [3.63, 3.8) is 0 Å². The Morgan fingerprint density at radius 1 is 0.611 bits per heavy atom. The second-order valence-corrected chi connectivity index (χ2v) is 8.14. The molecule has 0 amide bonds. The largest absolute Gasteiger partial charge is 1.00 e. The van der Waals surface area contributed by atoms with Gasteiger partial charge in [-0.25, -0.2) is 0 Å². The summed E-state index contributed by atoms with van der Waals surface area (Å²) in [6.45, 7) is -7.61. The zero-order valence-electron chi connectivity index (χ0n) is 10.6. The molecule has 6 nitrogen and oxygen atoms in total. The first-order valence-corrected chi connectivity index (χ1v) is 9.89. The van der Waals surface area contributed by atoms with Gasteiger partial charge in [-0.3, -0.25) is 0 Å². The summed E-state index contributed by atoms with van der Waals surface area (Å²) in [6.07, 6.45) is 9.00. The first kappa shape index (κ1) is 28.8. The Balaban J connectivity index is -0.0000000482. The Labute approximate surface area is 163 Å². The van der Waals surface area contributed by atoms with E-state index < -0.39 is 13.4 Å². The van der Waals surface area contributed by atoms with Crippen LogP contribution < -0.4 is 51.4 Å². The fourth-order valence-electron chi connectivity index (χ4n) is 1.06. The van der Waals surface area contributed by atoms with Crippen molar-refractivity contribution in [3.8, 4) is 0 Å². The third-order valence-electron chi connectivity index (χ3n) is 1.50. The molecular weight excluding hydrogens is 345 g/mol. The molecule has 0 aromatic heterocycles. The summed E-state index contributed by atoms with van der Waals surface area (Å²) in [4.78, 5) is 45.3. The minimum Gasteiger partial charge on any atom is -1.00 e. The van der Waals surface area contributed by atoms with Gasteiger partial charge >= 0.3 is 64.8 Å². The monoisotopic (exact) mass is 368 g/mol. The third kappa shape index (κ3) is 77.4. The van der Waals surface area contributed by atoms with Crippen LogP contribution >= 0.6 is 13.4 Å². The average Bonchev–Trinajstić information content (AvgIpc) is 2.01. The molecule has 1 aliphatic carbocycles. The van der Waals surface area contributed by atoms with Gasteiger partial charge < -0.3 is 30.8 Å². The normalized spacial score (nSPS) is 14.6. The second kappa shape index (κ2) is 16.1. The van der Waals surface area contributed by atoms with E-state index in [0.29, 0.717) is 0 Å². The van der Waals surface area contributed by atoms with Gasteiger partial charge in [0.05, 0.1) is 0 Å². The van der Waals surface area contributed by atoms with Gasteiger partial charge in [-0.05, 0) is 23.6 Å². The summed E-state index contributed by atoms with van der Waals surface area (Å²) in [5, 5.41) is 0. The quantitative estimate of drug-likeness (QED) is 0.225. The van der Waals surface area contributed by atoms with Crippen molar-refractivity contribution in [1.82, 2.24) is 0 Å². The molecule has 11 heteroatoms. The summed E-state index contributed by atoms with van der Waals surface area (Å²) in [5.74, 6) is 0. The smallest absolute Gasteiger partial charge is 1.00 e. The molecule has 18 heavy (non-hydrogen) atoms. The van der Waals surface area contributed by atoms with E-state index in [0.717, 1.165) is 0 Å². The van der Waals surface area contributed by atoms with Gasteiger partial charge in [0.25, 0.3) is 0 Å². The van der Waals surface area contributed by atoms with Crippen molar-refractivity contribution < 1.29 is 82.2 Å². The van der Waals surface area contributed by atoms with E-state index in [1.807, 2.05) is 0 Å². The number of hydrogen-bond acceptors (Lipinski definition) is 2. The molecule has 0 radical (unpaired) electrons. The van der Waals surface area contributed by atoms with Crippen LogP contribution in [0.25, 0.3) is 0 Å². The molecule has 1 rings (SSSR count). The molecule has 110 valence electrons. The van der Waals surface area contributed by atoms with Crippen molar-refractivity contribution in [3.05, 3.63) is 0 Å². The molecule has 0 heterocycles. The molecule has 0 bridgehead atoms. The van der Waals surface area contributed by atoms with Crippen LogP contribution in [-0.2, 0) is 23.6 Å². The van der Waals surface area contributed by atoms with Crippen molar-refractivity contribution in [1.29, 1.82) is 0 Å². The molecule has 0 aromatic rings. The van der Waals surface area contributed by atoms with E-state index in [9.17, 15) is 0 Å². The topological polar surface area (TPSA) is 121 Å². The zero-order chi connectivity index (χ0) is 13.2. The van der Waals surface area contributed by atoms with Crippen LogP contribution in [0.15, 0.2) is 0 Å². The van der Waals surface area contributed by atoms with Crippen molar-refractivity contribution in [2.24, 2.45) is 0 Å². The number of rotatable bonds is 0. The maximum absolute atomic E-state index is 7.56. The van der Waals surface area contributed by atoms with Crippen LogP contribution in [0.5, 0.6) is 0 Å². The maximum atomic E-state index is 7.56. The van der Waals surface area contributed by atoms with Crippen LogP contribution in [-0.4, -0.2) is 29.4 Å². The van der Waals surface area contributed by atoms with Crippen LogP contribution in [0.2, 0.25) is 0 Å². The molecule has 6 N–H and O–H groups in total. The summed E-state index contributed by atoms with van der Waals surface area (Å²) in [6, 6.07) is 0. The second-order valence-electron chi connectivity index (χ2n) is 3.15. The average molecular weight is 368 g/mol. The SMILES string of the molecule is C.C1CCCCC1.OP(O)(O)=S.OP(O)(O)=S.[H-].[K+]. The molecule has 1 aliphatic rings.